The highest BCUT2D eigenvalue weighted by Crippen LogP contribution is 2.22. The van der Waals surface area contributed by atoms with Crippen molar-refractivity contribution in [2.24, 2.45) is 0 Å². The predicted octanol–water partition coefficient (Wildman–Crippen LogP) is 3.52. The van der Waals surface area contributed by atoms with Gasteiger partial charge in [0.25, 0.3) is 0 Å². The van der Waals surface area contributed by atoms with Crippen LogP contribution in [0.2, 0.25) is 0 Å². The third-order valence-corrected chi connectivity index (χ3v) is 3.72. The number of rotatable bonds is 6. The van der Waals surface area contributed by atoms with E-state index < -0.39 is 5.97 Å². The summed E-state index contributed by atoms with van der Waals surface area (Å²) in [7, 11) is 0. The molecule has 0 amide bonds. The Balaban J connectivity index is 1.73. The van der Waals surface area contributed by atoms with Gasteiger partial charge in [0.15, 0.2) is 0 Å². The number of carboxylic acid groups (broad SMARTS) is 1. The van der Waals surface area contributed by atoms with Crippen LogP contribution >= 0.6 is 0 Å². The van der Waals surface area contributed by atoms with E-state index >= 15 is 0 Å². The van der Waals surface area contributed by atoms with Gasteiger partial charge in [0.05, 0.1) is 18.4 Å². The molecule has 1 aromatic heterocycles. The van der Waals surface area contributed by atoms with Crippen molar-refractivity contribution >= 4 is 5.97 Å². The molecule has 2 aromatic carbocycles. The first kappa shape index (κ1) is 15.8. The van der Waals surface area contributed by atoms with Crippen LogP contribution in [-0.2, 0) is 13.2 Å². The van der Waals surface area contributed by atoms with Crippen LogP contribution in [0.25, 0.3) is 0 Å². The average Bonchev–Trinajstić information content (AvgIpc) is 3.07. The fraction of sp³-hybridized carbons (Fsp3) is 0.158. The molecule has 3 rings (SSSR count). The van der Waals surface area contributed by atoms with Gasteiger partial charge in [-0.15, -0.1) is 0 Å². The highest BCUT2D eigenvalue weighted by Gasteiger charge is 2.07. The Kier molecular flexibility index (Phi) is 4.61. The van der Waals surface area contributed by atoms with Gasteiger partial charge < -0.3 is 14.4 Å². The zero-order chi connectivity index (χ0) is 16.9. The van der Waals surface area contributed by atoms with Crippen LogP contribution in [0.4, 0.5) is 0 Å². The SMILES string of the molecule is Cc1ccc(OCc2ccc(C(=O)O)cc2)c(Cn2ccnc2)c1. The van der Waals surface area contributed by atoms with Gasteiger partial charge in [0.1, 0.15) is 12.4 Å². The summed E-state index contributed by atoms with van der Waals surface area (Å²) in [6.45, 7) is 3.13. The molecule has 0 saturated carbocycles. The Bertz CT molecular complexity index is 824. The van der Waals surface area contributed by atoms with Gasteiger partial charge >= 0.3 is 5.97 Å². The molecule has 5 nitrogen and oxygen atoms in total. The Morgan fingerprint density at radius 3 is 2.67 bits per heavy atom. The molecule has 24 heavy (non-hydrogen) atoms. The van der Waals surface area contributed by atoms with Crippen molar-refractivity contribution in [3.8, 4) is 5.75 Å². The standard InChI is InChI=1S/C19H18N2O3/c1-14-2-7-18(17(10-14)11-21-9-8-20-13-21)24-12-15-3-5-16(6-4-15)19(22)23/h2-10,13H,11-12H2,1H3,(H,22,23). The molecule has 0 atom stereocenters. The summed E-state index contributed by atoms with van der Waals surface area (Å²) in [5.41, 5.74) is 3.45. The number of benzene rings is 2. The van der Waals surface area contributed by atoms with Crippen molar-refractivity contribution in [2.45, 2.75) is 20.1 Å². The molecule has 5 heteroatoms. The Hall–Kier alpha value is -3.08. The van der Waals surface area contributed by atoms with E-state index in [9.17, 15) is 4.79 Å². The van der Waals surface area contributed by atoms with Gasteiger partial charge in [-0.1, -0.05) is 29.8 Å². The number of aryl methyl sites for hydroxylation is 1. The Morgan fingerprint density at radius 2 is 2.00 bits per heavy atom. The minimum atomic E-state index is -0.927. The number of imidazole rings is 1. The van der Waals surface area contributed by atoms with Gasteiger partial charge in [0.2, 0.25) is 0 Å². The minimum absolute atomic E-state index is 0.273. The molecule has 0 aliphatic carbocycles. The van der Waals surface area contributed by atoms with E-state index in [-0.39, 0.29) is 5.56 Å². The smallest absolute Gasteiger partial charge is 0.335 e. The van der Waals surface area contributed by atoms with Crippen LogP contribution in [0, 0.1) is 6.92 Å². The summed E-state index contributed by atoms with van der Waals surface area (Å²) < 4.78 is 7.94. The van der Waals surface area contributed by atoms with E-state index in [0.29, 0.717) is 13.2 Å². The number of carboxylic acids is 1. The second-order valence-corrected chi connectivity index (χ2v) is 5.64. The maximum atomic E-state index is 10.9. The molecule has 1 N–H and O–H groups in total. The molecule has 0 saturated heterocycles. The molecule has 0 fully saturated rings. The summed E-state index contributed by atoms with van der Waals surface area (Å²) in [5, 5.41) is 8.93. The minimum Gasteiger partial charge on any atom is -0.489 e. The molecular formula is C19H18N2O3. The molecule has 1 heterocycles. The van der Waals surface area contributed by atoms with Crippen molar-refractivity contribution in [3.63, 3.8) is 0 Å². The number of hydrogen-bond donors (Lipinski definition) is 1. The maximum absolute atomic E-state index is 10.9. The van der Waals surface area contributed by atoms with E-state index in [1.807, 2.05) is 29.8 Å². The third-order valence-electron chi connectivity index (χ3n) is 3.72. The summed E-state index contributed by atoms with van der Waals surface area (Å²) in [4.78, 5) is 14.9. The van der Waals surface area contributed by atoms with Gasteiger partial charge in [-0.2, -0.15) is 0 Å². The lowest BCUT2D eigenvalue weighted by Crippen LogP contribution is -2.03. The number of nitrogens with zero attached hydrogens (tertiary/aromatic N) is 2. The van der Waals surface area contributed by atoms with Crippen molar-refractivity contribution in [1.29, 1.82) is 0 Å². The molecule has 0 spiro atoms. The van der Waals surface area contributed by atoms with Gasteiger partial charge in [0, 0.05) is 18.0 Å². The number of carbonyl (C=O) groups is 1. The molecule has 122 valence electrons. The summed E-state index contributed by atoms with van der Waals surface area (Å²) >= 11 is 0. The number of hydrogen-bond acceptors (Lipinski definition) is 3. The topological polar surface area (TPSA) is 64.3 Å². The molecule has 0 radical (unpaired) electrons. The molecule has 0 aliphatic heterocycles. The van der Waals surface area contributed by atoms with E-state index in [2.05, 4.69) is 11.1 Å². The van der Waals surface area contributed by atoms with Crippen LogP contribution in [0.15, 0.2) is 61.2 Å². The number of aromatic carboxylic acids is 1. The fourth-order valence-corrected chi connectivity index (χ4v) is 2.45. The van der Waals surface area contributed by atoms with E-state index in [4.69, 9.17) is 9.84 Å². The summed E-state index contributed by atoms with van der Waals surface area (Å²) in [6.07, 6.45) is 5.44. The van der Waals surface area contributed by atoms with Crippen LogP contribution < -0.4 is 4.74 Å². The van der Waals surface area contributed by atoms with E-state index in [0.717, 1.165) is 16.9 Å². The molecule has 0 aliphatic rings. The van der Waals surface area contributed by atoms with Gasteiger partial charge in [-0.25, -0.2) is 9.78 Å². The zero-order valence-corrected chi connectivity index (χ0v) is 13.3. The monoisotopic (exact) mass is 322 g/mol. The highest BCUT2D eigenvalue weighted by atomic mass is 16.5. The zero-order valence-electron chi connectivity index (χ0n) is 13.3. The van der Waals surface area contributed by atoms with Crippen molar-refractivity contribution in [1.82, 2.24) is 9.55 Å². The Morgan fingerprint density at radius 1 is 1.21 bits per heavy atom. The summed E-state index contributed by atoms with van der Waals surface area (Å²) in [5.74, 6) is -0.111. The third kappa shape index (κ3) is 3.81. The van der Waals surface area contributed by atoms with E-state index in [1.54, 1.807) is 36.8 Å². The highest BCUT2D eigenvalue weighted by molar-refractivity contribution is 5.87. The van der Waals surface area contributed by atoms with Gasteiger partial charge in [-0.05, 0) is 30.7 Å². The second-order valence-electron chi connectivity index (χ2n) is 5.64. The van der Waals surface area contributed by atoms with Crippen LogP contribution in [-0.4, -0.2) is 20.6 Å². The van der Waals surface area contributed by atoms with Gasteiger partial charge in [-0.3, -0.25) is 0 Å². The van der Waals surface area contributed by atoms with E-state index in [1.165, 1.54) is 5.56 Å². The molecule has 3 aromatic rings. The maximum Gasteiger partial charge on any atom is 0.335 e. The van der Waals surface area contributed by atoms with Crippen LogP contribution in [0.1, 0.15) is 27.0 Å². The van der Waals surface area contributed by atoms with Crippen molar-refractivity contribution < 1.29 is 14.6 Å². The van der Waals surface area contributed by atoms with Crippen molar-refractivity contribution in [3.05, 3.63) is 83.4 Å². The lowest BCUT2D eigenvalue weighted by Gasteiger charge is -2.13. The largest absolute Gasteiger partial charge is 0.489 e. The Labute approximate surface area is 140 Å². The second kappa shape index (κ2) is 7.00. The fourth-order valence-electron chi connectivity index (χ4n) is 2.45. The lowest BCUT2D eigenvalue weighted by atomic mass is 10.1. The van der Waals surface area contributed by atoms with Crippen LogP contribution in [0.5, 0.6) is 5.75 Å². The average molecular weight is 322 g/mol. The number of ether oxygens (including phenoxy) is 1. The lowest BCUT2D eigenvalue weighted by molar-refractivity contribution is 0.0697. The van der Waals surface area contributed by atoms with Crippen molar-refractivity contribution in [2.75, 3.05) is 0 Å². The first-order chi connectivity index (χ1) is 11.6. The quantitative estimate of drug-likeness (QED) is 0.754. The molecule has 0 unspecified atom stereocenters. The van der Waals surface area contributed by atoms with Crippen LogP contribution in [0.3, 0.4) is 0 Å². The molecule has 0 bridgehead atoms. The first-order valence-electron chi connectivity index (χ1n) is 7.62. The number of aromatic nitrogens is 2. The molecular weight excluding hydrogens is 304 g/mol. The first-order valence-corrected chi connectivity index (χ1v) is 7.62. The predicted molar refractivity (Wildman–Crippen MR) is 90.2 cm³/mol. The normalized spacial score (nSPS) is 10.5. The summed E-state index contributed by atoms with van der Waals surface area (Å²) in [6, 6.07) is 12.8.